The maximum Gasteiger partial charge on any atom is 0.490 e. The van der Waals surface area contributed by atoms with Crippen molar-refractivity contribution in [2.45, 2.75) is 31.5 Å². The van der Waals surface area contributed by atoms with Crippen molar-refractivity contribution in [3.05, 3.63) is 78.5 Å². The number of likely N-dealkylation sites (tertiary alicyclic amines) is 1. The van der Waals surface area contributed by atoms with Crippen LogP contribution in [-0.2, 0) is 11.3 Å². The van der Waals surface area contributed by atoms with Crippen LogP contribution in [0.4, 0.5) is 13.2 Å². The number of benzene rings is 1. The standard InChI is InChI=1S/C24H25N5O.C2HF3O2/c1-30-22-7-4-5-19(15-22)20-8-9-23-26-24(27-29(23)16-20)18-10-13-28(14-11-18)17-21-6-2-3-12-25-21;3-2(4,5)1(6)7/h2-9,12,15-16,18H,10-11,13-14,17H2,1H3;(H,6,7). The van der Waals surface area contributed by atoms with Crippen LogP contribution in [0.5, 0.6) is 5.75 Å². The number of carboxylic acid groups (broad SMARTS) is 1. The molecular formula is C26H26F3N5O3. The van der Waals surface area contributed by atoms with E-state index in [-0.39, 0.29) is 0 Å². The van der Waals surface area contributed by atoms with E-state index in [2.05, 4.69) is 40.3 Å². The van der Waals surface area contributed by atoms with Crippen LogP contribution in [0.3, 0.4) is 0 Å². The van der Waals surface area contributed by atoms with Gasteiger partial charge in [-0.3, -0.25) is 9.88 Å². The summed E-state index contributed by atoms with van der Waals surface area (Å²) in [6, 6.07) is 18.3. The van der Waals surface area contributed by atoms with Crippen LogP contribution >= 0.6 is 0 Å². The number of fused-ring (bicyclic) bond motifs is 1. The number of halogens is 3. The van der Waals surface area contributed by atoms with Crippen LogP contribution in [-0.4, -0.2) is 61.9 Å². The number of aromatic nitrogens is 4. The highest BCUT2D eigenvalue weighted by Crippen LogP contribution is 2.28. The molecule has 0 saturated carbocycles. The molecule has 8 nitrogen and oxygen atoms in total. The van der Waals surface area contributed by atoms with Crippen molar-refractivity contribution in [1.82, 2.24) is 24.5 Å². The lowest BCUT2D eigenvalue weighted by Gasteiger charge is -2.30. The summed E-state index contributed by atoms with van der Waals surface area (Å²) in [7, 11) is 1.69. The normalized spacial score (nSPS) is 14.7. The minimum Gasteiger partial charge on any atom is -0.497 e. The minimum atomic E-state index is -5.08. The van der Waals surface area contributed by atoms with Crippen LogP contribution in [0, 0.1) is 0 Å². The van der Waals surface area contributed by atoms with E-state index in [4.69, 9.17) is 24.7 Å². The number of piperidine rings is 1. The molecule has 1 aliphatic heterocycles. The number of aliphatic carboxylic acids is 1. The third kappa shape index (κ3) is 6.82. The molecule has 0 bridgehead atoms. The lowest BCUT2D eigenvalue weighted by Crippen LogP contribution is -2.33. The van der Waals surface area contributed by atoms with E-state index in [1.165, 1.54) is 0 Å². The molecule has 0 radical (unpaired) electrons. The maximum absolute atomic E-state index is 10.6. The first-order valence-electron chi connectivity index (χ1n) is 11.7. The molecule has 1 aliphatic rings. The average molecular weight is 514 g/mol. The number of methoxy groups -OCH3 is 1. The SMILES string of the molecule is COc1cccc(-c2ccc3nc(C4CCN(Cc5ccccn5)CC4)nn3c2)c1.O=C(O)C(F)(F)F. The fourth-order valence-electron chi connectivity index (χ4n) is 4.12. The number of hydrogen-bond acceptors (Lipinski definition) is 6. The molecule has 37 heavy (non-hydrogen) atoms. The first kappa shape index (κ1) is 26.1. The smallest absolute Gasteiger partial charge is 0.490 e. The molecule has 194 valence electrons. The predicted molar refractivity (Wildman–Crippen MR) is 130 cm³/mol. The quantitative estimate of drug-likeness (QED) is 0.409. The number of pyridine rings is 2. The van der Waals surface area contributed by atoms with Gasteiger partial charge in [0, 0.05) is 30.4 Å². The highest BCUT2D eigenvalue weighted by molar-refractivity contribution is 5.73. The maximum atomic E-state index is 10.6. The Morgan fingerprint density at radius 3 is 2.49 bits per heavy atom. The van der Waals surface area contributed by atoms with E-state index in [0.29, 0.717) is 5.92 Å². The van der Waals surface area contributed by atoms with Gasteiger partial charge in [0.25, 0.3) is 0 Å². The fraction of sp³-hybridized carbons (Fsp3) is 0.308. The van der Waals surface area contributed by atoms with Gasteiger partial charge in [-0.2, -0.15) is 18.3 Å². The Bertz CT molecular complexity index is 1340. The van der Waals surface area contributed by atoms with Crippen molar-refractivity contribution in [2.75, 3.05) is 20.2 Å². The molecular weight excluding hydrogens is 487 g/mol. The lowest BCUT2D eigenvalue weighted by atomic mass is 9.96. The summed E-state index contributed by atoms with van der Waals surface area (Å²) in [6.45, 7) is 3.01. The molecule has 3 aromatic heterocycles. The Hall–Kier alpha value is -3.99. The van der Waals surface area contributed by atoms with Crippen molar-refractivity contribution < 1.29 is 27.8 Å². The van der Waals surface area contributed by atoms with Gasteiger partial charge >= 0.3 is 12.1 Å². The van der Waals surface area contributed by atoms with Crippen LogP contribution < -0.4 is 4.74 Å². The molecule has 4 aromatic rings. The molecule has 0 atom stereocenters. The summed E-state index contributed by atoms with van der Waals surface area (Å²) in [5, 5.41) is 11.9. The van der Waals surface area contributed by atoms with Crippen molar-refractivity contribution in [3.8, 4) is 16.9 Å². The second-order valence-electron chi connectivity index (χ2n) is 8.60. The third-order valence-electron chi connectivity index (χ3n) is 6.06. The second-order valence-corrected chi connectivity index (χ2v) is 8.60. The molecule has 5 rings (SSSR count). The number of rotatable bonds is 5. The van der Waals surface area contributed by atoms with Crippen LogP contribution in [0.2, 0.25) is 0 Å². The first-order chi connectivity index (χ1) is 17.7. The van der Waals surface area contributed by atoms with Crippen LogP contribution in [0.15, 0.2) is 67.0 Å². The summed E-state index contributed by atoms with van der Waals surface area (Å²) < 4.78 is 39.0. The monoisotopic (exact) mass is 513 g/mol. The molecule has 0 amide bonds. The minimum absolute atomic E-state index is 0.408. The predicted octanol–water partition coefficient (Wildman–Crippen LogP) is 4.81. The summed E-state index contributed by atoms with van der Waals surface area (Å²) in [6.07, 6.45) is 0.984. The number of hydrogen-bond donors (Lipinski definition) is 1. The third-order valence-corrected chi connectivity index (χ3v) is 6.06. The first-order valence-corrected chi connectivity index (χ1v) is 11.7. The molecule has 0 aliphatic carbocycles. The molecule has 11 heteroatoms. The average Bonchev–Trinajstić information content (AvgIpc) is 3.33. The second kappa shape index (κ2) is 11.4. The van der Waals surface area contributed by atoms with Crippen LogP contribution in [0.1, 0.15) is 30.3 Å². The van der Waals surface area contributed by atoms with Crippen molar-refractivity contribution >= 4 is 11.6 Å². The van der Waals surface area contributed by atoms with E-state index < -0.39 is 12.1 Å². The van der Waals surface area contributed by atoms with E-state index in [0.717, 1.165) is 66.5 Å². The Labute approximate surface area is 211 Å². The van der Waals surface area contributed by atoms with Gasteiger partial charge in [0.2, 0.25) is 0 Å². The summed E-state index contributed by atoms with van der Waals surface area (Å²) in [4.78, 5) is 20.6. The van der Waals surface area contributed by atoms with Gasteiger partial charge in [-0.25, -0.2) is 14.3 Å². The topological polar surface area (TPSA) is 92.9 Å². The summed E-state index contributed by atoms with van der Waals surface area (Å²) >= 11 is 0. The number of alkyl halides is 3. The van der Waals surface area contributed by atoms with E-state index >= 15 is 0 Å². The molecule has 4 heterocycles. The molecule has 0 spiro atoms. The van der Waals surface area contributed by atoms with Crippen LogP contribution in [0.25, 0.3) is 16.8 Å². The van der Waals surface area contributed by atoms with Gasteiger partial charge in [-0.1, -0.05) is 18.2 Å². The Kier molecular flexibility index (Phi) is 8.02. The molecule has 0 unspecified atom stereocenters. The number of carboxylic acids is 1. The fourth-order valence-corrected chi connectivity index (χ4v) is 4.12. The summed E-state index contributed by atoms with van der Waals surface area (Å²) in [5.74, 6) is -0.544. The van der Waals surface area contributed by atoms with Gasteiger partial charge in [0.1, 0.15) is 5.75 Å². The van der Waals surface area contributed by atoms with Gasteiger partial charge < -0.3 is 9.84 Å². The zero-order chi connectivity index (χ0) is 26.4. The number of nitrogens with zero attached hydrogens (tertiary/aromatic N) is 5. The van der Waals surface area contributed by atoms with Gasteiger partial charge in [0.15, 0.2) is 11.5 Å². The largest absolute Gasteiger partial charge is 0.497 e. The van der Waals surface area contributed by atoms with Crippen molar-refractivity contribution in [2.24, 2.45) is 0 Å². The van der Waals surface area contributed by atoms with E-state index in [9.17, 15) is 13.2 Å². The van der Waals surface area contributed by atoms with Crippen molar-refractivity contribution in [3.63, 3.8) is 0 Å². The highest BCUT2D eigenvalue weighted by atomic mass is 19.4. The Morgan fingerprint density at radius 2 is 1.84 bits per heavy atom. The Morgan fingerprint density at radius 1 is 1.08 bits per heavy atom. The van der Waals surface area contributed by atoms with E-state index in [1.54, 1.807) is 7.11 Å². The van der Waals surface area contributed by atoms with Crippen molar-refractivity contribution in [1.29, 1.82) is 0 Å². The molecule has 1 aromatic carbocycles. The molecule has 1 fully saturated rings. The van der Waals surface area contributed by atoms with Gasteiger partial charge in [0.05, 0.1) is 12.8 Å². The Balaban J connectivity index is 0.000000405. The highest BCUT2D eigenvalue weighted by Gasteiger charge is 2.38. The zero-order valence-electron chi connectivity index (χ0n) is 20.1. The van der Waals surface area contributed by atoms with E-state index in [1.807, 2.05) is 41.0 Å². The number of ether oxygens (including phenoxy) is 1. The van der Waals surface area contributed by atoms with Gasteiger partial charge in [-0.05, 0) is 67.9 Å². The summed E-state index contributed by atoms with van der Waals surface area (Å²) in [5.41, 5.74) is 4.23. The molecule has 1 saturated heterocycles. The lowest BCUT2D eigenvalue weighted by molar-refractivity contribution is -0.192. The number of carbonyl (C=O) groups is 1. The molecule has 1 N–H and O–H groups in total. The van der Waals surface area contributed by atoms with Gasteiger partial charge in [-0.15, -0.1) is 0 Å². The zero-order valence-corrected chi connectivity index (χ0v) is 20.1.